The number of piperidine rings is 1. The van der Waals surface area contributed by atoms with E-state index in [0.717, 1.165) is 19.1 Å². The van der Waals surface area contributed by atoms with Crippen LogP contribution in [-0.2, 0) is 10.0 Å². The number of nitrogens with zero attached hydrogens (tertiary/aromatic N) is 1. The zero-order valence-electron chi connectivity index (χ0n) is 13.5. The number of alkyl halides is 3. The molecular weight excluding hydrogens is 377 g/mol. The molecule has 1 amide bonds. The lowest BCUT2D eigenvalue weighted by atomic mass is 10.0. The second-order valence-electron chi connectivity index (χ2n) is 5.84. The summed E-state index contributed by atoms with van der Waals surface area (Å²) in [7, 11) is -3.36. The molecule has 2 rings (SSSR count). The molecule has 0 saturated carbocycles. The number of benzene rings is 1. The number of hydrogen-bond donors (Lipinski definition) is 1. The fourth-order valence-electron chi connectivity index (χ4n) is 2.69. The van der Waals surface area contributed by atoms with E-state index in [-0.39, 0.29) is 40.7 Å². The molecule has 1 saturated heterocycles. The normalized spacial score (nSPS) is 19.0. The molecule has 1 unspecified atom stereocenters. The highest BCUT2D eigenvalue weighted by Crippen LogP contribution is 2.36. The highest BCUT2D eigenvalue weighted by molar-refractivity contribution is 8.00. The topological polar surface area (TPSA) is 66.5 Å². The van der Waals surface area contributed by atoms with E-state index in [1.54, 1.807) is 4.90 Å². The molecule has 5 nitrogen and oxygen atoms in total. The van der Waals surface area contributed by atoms with Crippen LogP contribution in [0.3, 0.4) is 0 Å². The minimum absolute atomic E-state index is 0.0120. The zero-order chi connectivity index (χ0) is 18.7. The van der Waals surface area contributed by atoms with E-state index in [0.29, 0.717) is 13.0 Å². The van der Waals surface area contributed by atoms with Crippen LogP contribution >= 0.6 is 11.8 Å². The molecule has 1 aliphatic rings. The maximum atomic E-state index is 12.7. The Kier molecular flexibility index (Phi) is 6.39. The van der Waals surface area contributed by atoms with Crippen molar-refractivity contribution in [3.63, 3.8) is 0 Å². The summed E-state index contributed by atoms with van der Waals surface area (Å²) >= 11 is -0.233. The van der Waals surface area contributed by atoms with Crippen LogP contribution in [0.2, 0.25) is 0 Å². The average Bonchev–Trinajstić information content (AvgIpc) is 2.51. The van der Waals surface area contributed by atoms with E-state index < -0.39 is 15.5 Å². The predicted octanol–water partition coefficient (Wildman–Crippen LogP) is 2.84. The summed E-state index contributed by atoms with van der Waals surface area (Å²) in [5.74, 6) is -0.302. The number of sulfonamides is 1. The molecule has 25 heavy (non-hydrogen) atoms. The Hall–Kier alpha value is -1.26. The SMILES string of the molecule is CS(=O)(=O)NCC1CCCCN1C(=O)c1ccc(SC(F)(F)F)cc1. The smallest absolute Gasteiger partial charge is 0.334 e. The third-order valence-corrected chi connectivity index (χ3v) is 5.23. The van der Waals surface area contributed by atoms with Gasteiger partial charge in [0.2, 0.25) is 10.0 Å². The Morgan fingerprint density at radius 1 is 1.28 bits per heavy atom. The molecule has 0 spiro atoms. The molecule has 1 N–H and O–H groups in total. The number of carbonyl (C=O) groups is 1. The molecule has 0 radical (unpaired) electrons. The van der Waals surface area contributed by atoms with Crippen LogP contribution < -0.4 is 4.72 Å². The largest absolute Gasteiger partial charge is 0.446 e. The van der Waals surface area contributed by atoms with Gasteiger partial charge in [-0.15, -0.1) is 0 Å². The molecule has 0 bridgehead atoms. The fraction of sp³-hybridized carbons (Fsp3) is 0.533. The van der Waals surface area contributed by atoms with E-state index in [1.807, 2.05) is 0 Å². The first kappa shape index (κ1) is 20.1. The Morgan fingerprint density at radius 3 is 2.48 bits per heavy atom. The third-order valence-electron chi connectivity index (χ3n) is 3.80. The van der Waals surface area contributed by atoms with E-state index in [9.17, 15) is 26.4 Å². The maximum absolute atomic E-state index is 12.7. The van der Waals surface area contributed by atoms with Crippen molar-refractivity contribution in [3.05, 3.63) is 29.8 Å². The maximum Gasteiger partial charge on any atom is 0.446 e. The van der Waals surface area contributed by atoms with Crippen molar-refractivity contribution >= 4 is 27.7 Å². The molecule has 10 heteroatoms. The number of halogens is 3. The zero-order valence-corrected chi connectivity index (χ0v) is 15.2. The number of amides is 1. The molecular formula is C15H19F3N2O3S2. The summed E-state index contributed by atoms with van der Waals surface area (Å²) in [5.41, 5.74) is -4.08. The monoisotopic (exact) mass is 396 g/mol. The number of rotatable bonds is 5. The van der Waals surface area contributed by atoms with Crippen LogP contribution in [-0.4, -0.2) is 50.1 Å². The summed E-state index contributed by atoms with van der Waals surface area (Å²) in [5, 5.41) is 0. The molecule has 1 heterocycles. The van der Waals surface area contributed by atoms with Crippen LogP contribution in [0.1, 0.15) is 29.6 Å². The molecule has 1 aromatic carbocycles. The van der Waals surface area contributed by atoms with Crippen LogP contribution in [0, 0.1) is 0 Å². The van der Waals surface area contributed by atoms with Gasteiger partial charge in [-0.05, 0) is 55.3 Å². The van der Waals surface area contributed by atoms with Crippen molar-refractivity contribution in [3.8, 4) is 0 Å². The summed E-state index contributed by atoms with van der Waals surface area (Å²) in [6.45, 7) is 0.626. The number of thioether (sulfide) groups is 1. The van der Waals surface area contributed by atoms with Crippen molar-refractivity contribution in [1.82, 2.24) is 9.62 Å². The van der Waals surface area contributed by atoms with Gasteiger partial charge in [0.25, 0.3) is 5.91 Å². The second-order valence-corrected chi connectivity index (χ2v) is 8.81. The van der Waals surface area contributed by atoms with E-state index in [2.05, 4.69) is 4.72 Å². The highest BCUT2D eigenvalue weighted by atomic mass is 32.2. The average molecular weight is 396 g/mol. The summed E-state index contributed by atoms with van der Waals surface area (Å²) < 4.78 is 62.0. The van der Waals surface area contributed by atoms with Crippen molar-refractivity contribution in [2.75, 3.05) is 19.3 Å². The molecule has 1 aromatic rings. The minimum Gasteiger partial charge on any atom is -0.334 e. The van der Waals surface area contributed by atoms with Gasteiger partial charge in [0.05, 0.1) is 6.26 Å². The second kappa shape index (κ2) is 7.96. The molecule has 0 aliphatic carbocycles. The molecule has 1 aliphatic heterocycles. The number of carbonyl (C=O) groups excluding carboxylic acids is 1. The fourth-order valence-corrected chi connectivity index (χ4v) is 3.73. The first-order valence-corrected chi connectivity index (χ1v) is 10.4. The number of likely N-dealkylation sites (tertiary alicyclic amines) is 1. The van der Waals surface area contributed by atoms with Gasteiger partial charge in [0, 0.05) is 29.6 Å². The lowest BCUT2D eigenvalue weighted by Crippen LogP contribution is -2.49. The van der Waals surface area contributed by atoms with Crippen molar-refractivity contribution < 1.29 is 26.4 Å². The lowest BCUT2D eigenvalue weighted by molar-refractivity contribution is -0.0328. The first-order chi connectivity index (χ1) is 11.6. The molecule has 1 atom stereocenters. The molecule has 0 aromatic heterocycles. The van der Waals surface area contributed by atoms with Crippen molar-refractivity contribution in [1.29, 1.82) is 0 Å². The Balaban J connectivity index is 2.08. The quantitative estimate of drug-likeness (QED) is 0.778. The lowest BCUT2D eigenvalue weighted by Gasteiger charge is -2.35. The van der Waals surface area contributed by atoms with Gasteiger partial charge in [0.1, 0.15) is 0 Å². The summed E-state index contributed by atoms with van der Waals surface area (Å²) in [4.78, 5) is 14.3. The third kappa shape index (κ3) is 6.52. The van der Waals surface area contributed by atoms with Gasteiger partial charge in [-0.2, -0.15) is 13.2 Å². The van der Waals surface area contributed by atoms with Gasteiger partial charge >= 0.3 is 5.51 Å². The van der Waals surface area contributed by atoms with Gasteiger partial charge < -0.3 is 4.90 Å². The van der Waals surface area contributed by atoms with E-state index in [4.69, 9.17) is 0 Å². The Labute approximate surface area is 149 Å². The molecule has 1 fully saturated rings. The molecule has 140 valence electrons. The van der Waals surface area contributed by atoms with Crippen LogP contribution in [0.4, 0.5) is 13.2 Å². The number of nitrogens with one attached hydrogen (secondary N) is 1. The van der Waals surface area contributed by atoms with Crippen LogP contribution in [0.5, 0.6) is 0 Å². The van der Waals surface area contributed by atoms with Gasteiger partial charge in [-0.25, -0.2) is 13.1 Å². The Bertz CT molecular complexity index is 706. The highest BCUT2D eigenvalue weighted by Gasteiger charge is 2.30. The van der Waals surface area contributed by atoms with Crippen LogP contribution in [0.25, 0.3) is 0 Å². The Morgan fingerprint density at radius 2 is 1.92 bits per heavy atom. The van der Waals surface area contributed by atoms with Gasteiger partial charge in [-0.1, -0.05) is 0 Å². The van der Waals surface area contributed by atoms with Crippen molar-refractivity contribution in [2.45, 2.75) is 35.7 Å². The van der Waals surface area contributed by atoms with E-state index >= 15 is 0 Å². The minimum atomic E-state index is -4.37. The van der Waals surface area contributed by atoms with Crippen LogP contribution in [0.15, 0.2) is 29.2 Å². The van der Waals surface area contributed by atoms with Gasteiger partial charge in [0.15, 0.2) is 0 Å². The summed E-state index contributed by atoms with van der Waals surface area (Å²) in [6, 6.07) is 5.00. The number of hydrogen-bond acceptors (Lipinski definition) is 4. The standard InChI is InChI=1S/C15H19F3N2O3S2/c1-25(22,23)19-10-12-4-2-3-9-20(12)14(21)11-5-7-13(8-6-11)24-15(16,17)18/h5-8,12,19H,2-4,9-10H2,1H3. The predicted molar refractivity (Wildman–Crippen MR) is 89.9 cm³/mol. The van der Waals surface area contributed by atoms with E-state index in [1.165, 1.54) is 24.3 Å². The first-order valence-electron chi connectivity index (χ1n) is 7.66. The summed E-state index contributed by atoms with van der Waals surface area (Å²) in [6.07, 6.45) is 3.43. The van der Waals surface area contributed by atoms with Crippen molar-refractivity contribution in [2.24, 2.45) is 0 Å². The van der Waals surface area contributed by atoms with Gasteiger partial charge in [-0.3, -0.25) is 4.79 Å².